The van der Waals surface area contributed by atoms with Crippen molar-refractivity contribution < 1.29 is 13.5 Å². The van der Waals surface area contributed by atoms with Crippen LogP contribution in [0.4, 0.5) is 8.78 Å². The van der Waals surface area contributed by atoms with E-state index in [1.165, 1.54) is 12.1 Å². The van der Waals surface area contributed by atoms with Crippen LogP contribution in [0.5, 0.6) is 0 Å². The summed E-state index contributed by atoms with van der Waals surface area (Å²) in [4.78, 5) is 0. The zero-order chi connectivity index (χ0) is 15.2. The van der Waals surface area contributed by atoms with Gasteiger partial charge in [-0.1, -0.05) is 19.9 Å². The average Bonchev–Trinajstić information content (AvgIpc) is 2.46. The molecule has 0 saturated carbocycles. The third-order valence-corrected chi connectivity index (χ3v) is 3.97. The molecule has 2 unspecified atom stereocenters. The second kappa shape index (κ2) is 7.70. The Kier molecular flexibility index (Phi) is 6.56. The Morgan fingerprint density at radius 1 is 1.25 bits per heavy atom. The average molecular weight is 285 g/mol. The molecule has 0 radical (unpaired) electrons. The number of ether oxygens (including phenoxy) is 1. The Labute approximate surface area is 120 Å². The summed E-state index contributed by atoms with van der Waals surface area (Å²) >= 11 is 0. The molecule has 2 atom stereocenters. The Bertz CT molecular complexity index is 419. The summed E-state index contributed by atoms with van der Waals surface area (Å²) in [7, 11) is 1.69. The van der Waals surface area contributed by atoms with Gasteiger partial charge in [-0.3, -0.25) is 0 Å². The largest absolute Gasteiger partial charge is 0.377 e. The van der Waals surface area contributed by atoms with Crippen LogP contribution in [-0.2, 0) is 11.2 Å². The summed E-state index contributed by atoms with van der Waals surface area (Å²) < 4.78 is 31.9. The Morgan fingerprint density at radius 3 is 2.45 bits per heavy atom. The van der Waals surface area contributed by atoms with Crippen LogP contribution < -0.4 is 5.32 Å². The standard InChI is InChI=1S/C16H25F2NO/c1-5-9-19-15(16(3,6-2)20-4)11-12-7-8-13(17)14(18)10-12/h7-8,10,15,19H,5-6,9,11H2,1-4H3. The van der Waals surface area contributed by atoms with Gasteiger partial charge in [-0.15, -0.1) is 0 Å². The second-order valence-corrected chi connectivity index (χ2v) is 5.33. The fraction of sp³-hybridized carbons (Fsp3) is 0.625. The van der Waals surface area contributed by atoms with E-state index in [0.29, 0.717) is 6.42 Å². The van der Waals surface area contributed by atoms with E-state index in [9.17, 15) is 8.78 Å². The molecule has 1 N–H and O–H groups in total. The molecule has 0 saturated heterocycles. The van der Waals surface area contributed by atoms with Crippen LogP contribution in [0.25, 0.3) is 0 Å². The van der Waals surface area contributed by atoms with Crippen molar-refractivity contribution in [3.63, 3.8) is 0 Å². The van der Waals surface area contributed by atoms with Crippen LogP contribution in [0.1, 0.15) is 39.2 Å². The van der Waals surface area contributed by atoms with E-state index in [4.69, 9.17) is 4.74 Å². The van der Waals surface area contributed by atoms with Gasteiger partial charge in [0, 0.05) is 13.2 Å². The summed E-state index contributed by atoms with van der Waals surface area (Å²) in [6.45, 7) is 7.07. The molecule has 2 nitrogen and oxygen atoms in total. The van der Waals surface area contributed by atoms with E-state index in [-0.39, 0.29) is 11.6 Å². The first-order chi connectivity index (χ1) is 9.46. The van der Waals surface area contributed by atoms with Gasteiger partial charge in [0.1, 0.15) is 0 Å². The molecule has 0 aromatic heterocycles. The minimum absolute atomic E-state index is 0.0577. The number of rotatable bonds is 8. The van der Waals surface area contributed by atoms with Crippen molar-refractivity contribution in [2.75, 3.05) is 13.7 Å². The molecular formula is C16H25F2NO. The maximum absolute atomic E-state index is 13.3. The highest BCUT2D eigenvalue weighted by atomic mass is 19.2. The van der Waals surface area contributed by atoms with Crippen LogP contribution in [0.2, 0.25) is 0 Å². The minimum atomic E-state index is -0.809. The Hall–Kier alpha value is -1.00. The molecule has 1 rings (SSSR count). The van der Waals surface area contributed by atoms with Gasteiger partial charge in [0.25, 0.3) is 0 Å². The van der Waals surface area contributed by atoms with Crippen LogP contribution in [0, 0.1) is 11.6 Å². The predicted octanol–water partition coefficient (Wildman–Crippen LogP) is 3.69. The van der Waals surface area contributed by atoms with Crippen LogP contribution in [0.3, 0.4) is 0 Å². The van der Waals surface area contributed by atoms with Crippen LogP contribution in [0.15, 0.2) is 18.2 Å². The number of hydrogen-bond donors (Lipinski definition) is 1. The highest BCUT2D eigenvalue weighted by Gasteiger charge is 2.32. The monoisotopic (exact) mass is 285 g/mol. The molecule has 0 aliphatic carbocycles. The van der Waals surface area contributed by atoms with Crippen molar-refractivity contribution in [3.8, 4) is 0 Å². The van der Waals surface area contributed by atoms with E-state index >= 15 is 0 Å². The molecule has 1 aromatic carbocycles. The van der Waals surface area contributed by atoms with Crippen molar-refractivity contribution in [2.24, 2.45) is 0 Å². The normalized spacial score (nSPS) is 15.9. The smallest absolute Gasteiger partial charge is 0.159 e. The number of benzene rings is 1. The molecule has 0 heterocycles. The Morgan fingerprint density at radius 2 is 1.95 bits per heavy atom. The maximum Gasteiger partial charge on any atom is 0.159 e. The quantitative estimate of drug-likeness (QED) is 0.786. The summed E-state index contributed by atoms with van der Waals surface area (Å²) in [6, 6.07) is 4.13. The Balaban J connectivity index is 2.90. The van der Waals surface area contributed by atoms with Gasteiger partial charge in [-0.25, -0.2) is 8.78 Å². The SMILES string of the molecule is CCCNC(Cc1ccc(F)c(F)c1)C(C)(CC)OC. The first-order valence-corrected chi connectivity index (χ1v) is 7.19. The van der Waals surface area contributed by atoms with E-state index in [1.54, 1.807) is 13.2 Å². The molecule has 20 heavy (non-hydrogen) atoms. The molecule has 1 aromatic rings. The maximum atomic E-state index is 13.3. The van der Waals surface area contributed by atoms with Gasteiger partial charge in [-0.05, 0) is 50.4 Å². The second-order valence-electron chi connectivity index (χ2n) is 5.33. The highest BCUT2D eigenvalue weighted by molar-refractivity contribution is 5.19. The van der Waals surface area contributed by atoms with Gasteiger partial charge in [0.05, 0.1) is 5.60 Å². The molecule has 114 valence electrons. The number of halogens is 2. The predicted molar refractivity (Wildman–Crippen MR) is 77.8 cm³/mol. The van der Waals surface area contributed by atoms with Crippen molar-refractivity contribution in [2.45, 2.75) is 51.7 Å². The summed E-state index contributed by atoms with van der Waals surface area (Å²) in [5, 5.41) is 3.45. The third-order valence-electron chi connectivity index (χ3n) is 3.97. The lowest BCUT2D eigenvalue weighted by Gasteiger charge is -2.36. The number of methoxy groups -OCH3 is 1. The zero-order valence-electron chi connectivity index (χ0n) is 12.8. The lowest BCUT2D eigenvalue weighted by molar-refractivity contribution is -0.0287. The van der Waals surface area contributed by atoms with Crippen LogP contribution >= 0.6 is 0 Å². The number of nitrogens with one attached hydrogen (secondary N) is 1. The summed E-state index contributed by atoms with van der Waals surface area (Å²) in [5.41, 5.74) is 0.439. The van der Waals surface area contributed by atoms with E-state index < -0.39 is 11.6 Å². The topological polar surface area (TPSA) is 21.3 Å². The molecule has 0 amide bonds. The molecule has 0 aliphatic heterocycles. The van der Waals surface area contributed by atoms with Crippen molar-refractivity contribution in [3.05, 3.63) is 35.4 Å². The molecule has 4 heteroatoms. The third kappa shape index (κ3) is 4.25. The van der Waals surface area contributed by atoms with Crippen molar-refractivity contribution in [1.29, 1.82) is 0 Å². The minimum Gasteiger partial charge on any atom is -0.377 e. The molecule has 0 spiro atoms. The summed E-state index contributed by atoms with van der Waals surface area (Å²) in [6.07, 6.45) is 2.46. The van der Waals surface area contributed by atoms with Gasteiger partial charge in [0.2, 0.25) is 0 Å². The molecular weight excluding hydrogens is 260 g/mol. The molecule has 0 bridgehead atoms. The van der Waals surface area contributed by atoms with Crippen molar-refractivity contribution >= 4 is 0 Å². The lowest BCUT2D eigenvalue weighted by Crippen LogP contribution is -2.51. The van der Waals surface area contributed by atoms with Gasteiger partial charge >= 0.3 is 0 Å². The lowest BCUT2D eigenvalue weighted by atomic mass is 9.88. The van der Waals surface area contributed by atoms with Crippen LogP contribution in [-0.4, -0.2) is 25.3 Å². The van der Waals surface area contributed by atoms with E-state index in [0.717, 1.165) is 24.9 Å². The first kappa shape index (κ1) is 17.1. The fourth-order valence-corrected chi connectivity index (χ4v) is 2.26. The number of hydrogen-bond acceptors (Lipinski definition) is 2. The van der Waals surface area contributed by atoms with Gasteiger partial charge in [0.15, 0.2) is 11.6 Å². The van der Waals surface area contributed by atoms with E-state index in [1.807, 2.05) is 6.92 Å². The van der Waals surface area contributed by atoms with Crippen molar-refractivity contribution in [1.82, 2.24) is 5.32 Å². The molecule has 0 fully saturated rings. The van der Waals surface area contributed by atoms with Gasteiger partial charge in [-0.2, -0.15) is 0 Å². The fourth-order valence-electron chi connectivity index (χ4n) is 2.26. The highest BCUT2D eigenvalue weighted by Crippen LogP contribution is 2.23. The zero-order valence-corrected chi connectivity index (χ0v) is 12.8. The molecule has 0 aliphatic rings. The summed E-state index contributed by atoms with van der Waals surface area (Å²) in [5.74, 6) is -1.61. The van der Waals surface area contributed by atoms with E-state index in [2.05, 4.69) is 19.2 Å². The first-order valence-electron chi connectivity index (χ1n) is 7.19. The van der Waals surface area contributed by atoms with Gasteiger partial charge < -0.3 is 10.1 Å².